The number of carboxylic acids is 2. The van der Waals surface area contributed by atoms with Crippen molar-refractivity contribution >= 4 is 11.9 Å². The topological polar surface area (TPSA) is 122 Å². The number of nitrogens with one attached hydrogen (secondary N) is 1. The lowest BCUT2D eigenvalue weighted by Crippen LogP contribution is -2.29. The Balaban J connectivity index is 0.000000368. The van der Waals surface area contributed by atoms with Crippen LogP contribution in [0.5, 0.6) is 0 Å². The Labute approximate surface area is 93.6 Å². The molecule has 0 amide bonds. The number of nitrogens with two attached hydrogens (primary N) is 1. The minimum Gasteiger partial charge on any atom is -0.481 e. The van der Waals surface area contributed by atoms with Crippen LogP contribution in [0.2, 0.25) is 0 Å². The van der Waals surface area contributed by atoms with Crippen LogP contribution in [0.25, 0.3) is 0 Å². The highest BCUT2D eigenvalue weighted by Crippen LogP contribution is 1.98. The summed E-state index contributed by atoms with van der Waals surface area (Å²) in [4.78, 5) is 20.1. The first-order valence-corrected chi connectivity index (χ1v) is 5.02. The van der Waals surface area contributed by atoms with E-state index >= 15 is 0 Å². The molecule has 1 aliphatic heterocycles. The molecule has 0 radical (unpaired) electrons. The van der Waals surface area contributed by atoms with Gasteiger partial charge in [0.2, 0.25) is 0 Å². The molecule has 0 aliphatic carbocycles. The lowest BCUT2D eigenvalue weighted by atomic mass is 10.1. The van der Waals surface area contributed by atoms with Gasteiger partial charge in [-0.15, -0.1) is 0 Å². The molecule has 0 bridgehead atoms. The molecule has 1 unspecified atom stereocenters. The van der Waals surface area contributed by atoms with Crippen LogP contribution in [0.15, 0.2) is 0 Å². The zero-order chi connectivity index (χ0) is 12.4. The number of ether oxygens (including phenoxy) is 1. The first-order chi connectivity index (χ1) is 7.54. The summed E-state index contributed by atoms with van der Waals surface area (Å²) >= 11 is 0. The monoisotopic (exact) mass is 234 g/mol. The third kappa shape index (κ3) is 9.38. The van der Waals surface area contributed by atoms with E-state index < -0.39 is 18.0 Å². The third-order valence-corrected chi connectivity index (χ3v) is 1.85. The van der Waals surface area contributed by atoms with Crippen molar-refractivity contribution in [1.29, 1.82) is 0 Å². The molecule has 16 heavy (non-hydrogen) atoms. The van der Waals surface area contributed by atoms with Gasteiger partial charge in [-0.1, -0.05) is 0 Å². The summed E-state index contributed by atoms with van der Waals surface area (Å²) in [5.74, 6) is -2.02. The Morgan fingerprint density at radius 3 is 2.44 bits per heavy atom. The van der Waals surface area contributed by atoms with Gasteiger partial charge in [0.15, 0.2) is 0 Å². The number of aliphatic carboxylic acids is 2. The number of hydrogen-bond acceptors (Lipinski definition) is 5. The van der Waals surface area contributed by atoms with Crippen molar-refractivity contribution in [3.05, 3.63) is 0 Å². The van der Waals surface area contributed by atoms with Gasteiger partial charge in [0, 0.05) is 13.0 Å². The second kappa shape index (κ2) is 9.08. The largest absolute Gasteiger partial charge is 0.481 e. The van der Waals surface area contributed by atoms with E-state index in [1.165, 1.54) is 0 Å². The first kappa shape index (κ1) is 14.8. The Bertz CT molecular complexity index is 210. The quantitative estimate of drug-likeness (QED) is 0.492. The van der Waals surface area contributed by atoms with Crippen molar-refractivity contribution in [2.45, 2.75) is 25.3 Å². The highest BCUT2D eigenvalue weighted by Gasteiger charge is 2.10. The molecule has 1 rings (SSSR count). The fourth-order valence-electron chi connectivity index (χ4n) is 0.958. The molecule has 0 spiro atoms. The minimum absolute atomic E-state index is 0.0268. The molecular weight excluding hydrogens is 216 g/mol. The summed E-state index contributed by atoms with van der Waals surface area (Å²) in [7, 11) is 0. The lowest BCUT2D eigenvalue weighted by molar-refractivity contribution is -0.140. The molecule has 1 heterocycles. The highest BCUT2D eigenvalue weighted by atomic mass is 16.5. The van der Waals surface area contributed by atoms with E-state index in [9.17, 15) is 9.59 Å². The maximum absolute atomic E-state index is 10.1. The summed E-state index contributed by atoms with van der Waals surface area (Å²) in [5, 5.41) is 19.5. The summed E-state index contributed by atoms with van der Waals surface area (Å²) < 4.78 is 4.83. The van der Waals surface area contributed by atoms with Crippen LogP contribution >= 0.6 is 0 Å². The van der Waals surface area contributed by atoms with Crippen LogP contribution < -0.4 is 11.1 Å². The summed E-state index contributed by atoms with van der Waals surface area (Å²) in [6.45, 7) is 2.67. The predicted molar refractivity (Wildman–Crippen MR) is 55.9 cm³/mol. The van der Waals surface area contributed by atoms with Crippen molar-refractivity contribution in [3.63, 3.8) is 0 Å². The van der Waals surface area contributed by atoms with E-state index in [-0.39, 0.29) is 12.8 Å². The van der Waals surface area contributed by atoms with E-state index in [1.807, 2.05) is 0 Å². The molecule has 0 saturated carbocycles. The van der Waals surface area contributed by atoms with E-state index in [1.54, 1.807) is 0 Å². The van der Waals surface area contributed by atoms with Crippen molar-refractivity contribution in [1.82, 2.24) is 5.32 Å². The second-order valence-electron chi connectivity index (χ2n) is 3.28. The minimum atomic E-state index is -1.09. The summed E-state index contributed by atoms with van der Waals surface area (Å²) in [6, 6.07) is -0.936. The lowest BCUT2D eigenvalue weighted by Gasteiger charge is -2.02. The third-order valence-electron chi connectivity index (χ3n) is 1.85. The zero-order valence-electron chi connectivity index (χ0n) is 9.02. The molecule has 0 aromatic heterocycles. The normalized spacial score (nSPS) is 16.1. The van der Waals surface area contributed by atoms with E-state index in [2.05, 4.69) is 5.32 Å². The molecular formula is C9H18N2O5. The summed E-state index contributed by atoms with van der Waals surface area (Å²) in [5.41, 5.74) is 5.11. The molecule has 1 fully saturated rings. The maximum atomic E-state index is 10.1. The van der Waals surface area contributed by atoms with Gasteiger partial charge in [0.1, 0.15) is 6.04 Å². The fraction of sp³-hybridized carbons (Fsp3) is 0.778. The van der Waals surface area contributed by atoms with Crippen molar-refractivity contribution in [3.8, 4) is 0 Å². The predicted octanol–water partition coefficient (Wildman–Crippen LogP) is -0.783. The van der Waals surface area contributed by atoms with Crippen LogP contribution in [0.1, 0.15) is 19.3 Å². The average molecular weight is 234 g/mol. The van der Waals surface area contributed by atoms with Gasteiger partial charge >= 0.3 is 11.9 Å². The Morgan fingerprint density at radius 1 is 1.44 bits per heavy atom. The molecule has 0 aromatic carbocycles. The van der Waals surface area contributed by atoms with Crippen molar-refractivity contribution in [2.75, 3.05) is 19.9 Å². The smallest absolute Gasteiger partial charge is 0.320 e. The van der Waals surface area contributed by atoms with Gasteiger partial charge in [0.25, 0.3) is 0 Å². The van der Waals surface area contributed by atoms with Gasteiger partial charge in [-0.2, -0.15) is 0 Å². The Morgan fingerprint density at radius 2 is 2.12 bits per heavy atom. The molecule has 0 aromatic rings. The van der Waals surface area contributed by atoms with Crippen molar-refractivity contribution in [2.24, 2.45) is 5.73 Å². The molecule has 94 valence electrons. The number of hydrogen-bond donors (Lipinski definition) is 4. The number of carboxylic acid groups (broad SMARTS) is 2. The summed E-state index contributed by atoms with van der Waals surface area (Å²) in [6.07, 6.45) is 0.491. The maximum Gasteiger partial charge on any atom is 0.320 e. The van der Waals surface area contributed by atoms with Crippen LogP contribution in [0, 0.1) is 0 Å². The van der Waals surface area contributed by atoms with Crippen molar-refractivity contribution < 1.29 is 24.5 Å². The van der Waals surface area contributed by atoms with Gasteiger partial charge in [0.05, 0.1) is 13.3 Å². The van der Waals surface area contributed by atoms with Crippen LogP contribution in [-0.4, -0.2) is 48.1 Å². The Kier molecular flexibility index (Phi) is 8.41. The SMILES string of the molecule is C1COCN1.NC(CCCC(=O)O)C(=O)O. The van der Waals surface area contributed by atoms with Crippen LogP contribution in [0.4, 0.5) is 0 Å². The molecule has 1 aliphatic rings. The van der Waals surface area contributed by atoms with Crippen LogP contribution in [-0.2, 0) is 14.3 Å². The first-order valence-electron chi connectivity index (χ1n) is 5.02. The highest BCUT2D eigenvalue weighted by molar-refractivity contribution is 5.73. The molecule has 7 heteroatoms. The molecule has 1 atom stereocenters. The van der Waals surface area contributed by atoms with E-state index in [0.29, 0.717) is 6.42 Å². The zero-order valence-corrected chi connectivity index (χ0v) is 9.02. The molecule has 1 saturated heterocycles. The second-order valence-corrected chi connectivity index (χ2v) is 3.28. The number of carbonyl (C=O) groups is 2. The van der Waals surface area contributed by atoms with Gasteiger partial charge in [-0.25, -0.2) is 0 Å². The van der Waals surface area contributed by atoms with Gasteiger partial charge in [-0.05, 0) is 12.8 Å². The van der Waals surface area contributed by atoms with E-state index in [4.69, 9.17) is 20.7 Å². The van der Waals surface area contributed by atoms with Gasteiger partial charge in [-0.3, -0.25) is 14.9 Å². The molecule has 5 N–H and O–H groups in total. The number of rotatable bonds is 5. The van der Waals surface area contributed by atoms with E-state index in [0.717, 1.165) is 19.9 Å². The van der Waals surface area contributed by atoms with Crippen LogP contribution in [0.3, 0.4) is 0 Å². The average Bonchev–Trinajstić information content (AvgIpc) is 2.74. The fourth-order valence-corrected chi connectivity index (χ4v) is 0.958. The standard InChI is InChI=1S/C6H11NO4.C3H7NO/c7-4(6(10)11)2-1-3-5(8)9;1-2-5-3-4-1/h4H,1-3,7H2,(H,8,9)(H,10,11);4H,1-3H2. The van der Waals surface area contributed by atoms with Gasteiger partial charge < -0.3 is 20.7 Å². The molecule has 7 nitrogen and oxygen atoms in total. The Hall–Kier alpha value is -1.18.